The van der Waals surface area contributed by atoms with E-state index in [1.165, 1.54) is 12.1 Å². The normalized spacial score (nSPS) is 16.5. The van der Waals surface area contributed by atoms with E-state index in [1.807, 2.05) is 0 Å². The zero-order chi connectivity index (χ0) is 21.7. The van der Waals surface area contributed by atoms with Gasteiger partial charge in [-0.3, -0.25) is 19.1 Å². The number of hydrogen-bond donors (Lipinski definition) is 2. The first-order valence-electron chi connectivity index (χ1n) is 8.63. The van der Waals surface area contributed by atoms with E-state index in [0.29, 0.717) is 22.9 Å². The van der Waals surface area contributed by atoms with Crippen LogP contribution >= 0.6 is 0 Å². The first-order chi connectivity index (χ1) is 14.2. The summed E-state index contributed by atoms with van der Waals surface area (Å²) in [5, 5.41) is 18.7. The van der Waals surface area contributed by atoms with Gasteiger partial charge >= 0.3 is 5.97 Å². The monoisotopic (exact) mass is 419 g/mol. The molecule has 30 heavy (non-hydrogen) atoms. The Morgan fingerprint density at radius 2 is 1.80 bits per heavy atom. The lowest BCUT2D eigenvalue weighted by Gasteiger charge is -2.18. The highest BCUT2D eigenvalue weighted by molar-refractivity contribution is 5.99. The topological polar surface area (TPSA) is 113 Å². The van der Waals surface area contributed by atoms with Crippen molar-refractivity contribution in [2.75, 3.05) is 11.4 Å². The number of carbonyl (C=O) groups is 2. The van der Waals surface area contributed by atoms with Crippen LogP contribution in [0.3, 0.4) is 0 Å². The number of pyridine rings is 2. The summed E-state index contributed by atoms with van der Waals surface area (Å²) in [4.78, 5) is 41.3. The average molecular weight is 419 g/mol. The van der Waals surface area contributed by atoms with Gasteiger partial charge in [-0.2, -0.15) is 0 Å². The molecule has 3 aromatic rings. The molecule has 1 amide bonds. The molecule has 154 valence electrons. The van der Waals surface area contributed by atoms with Gasteiger partial charge in [-0.1, -0.05) is 0 Å². The molecule has 3 heterocycles. The van der Waals surface area contributed by atoms with Crippen molar-refractivity contribution in [1.29, 1.82) is 0 Å². The number of aliphatic hydroxyl groups is 1. The molecule has 0 spiro atoms. The first-order valence-corrected chi connectivity index (χ1v) is 8.63. The Balaban J connectivity index is 2.06. The molecule has 0 radical (unpaired) electrons. The van der Waals surface area contributed by atoms with Crippen LogP contribution in [0.4, 0.5) is 19.0 Å². The molecule has 4 rings (SSSR count). The number of hydrogen-bond acceptors (Lipinski definition) is 5. The lowest BCUT2D eigenvalue weighted by molar-refractivity contribution is -0.124. The number of nitrogens with zero attached hydrogens (tertiary/aromatic N) is 3. The fraction of sp³-hybridized carbons (Fsp3) is 0.158. The molecule has 0 unspecified atom stereocenters. The van der Waals surface area contributed by atoms with Crippen molar-refractivity contribution in [2.45, 2.75) is 12.5 Å². The number of halogens is 3. The molecule has 2 N–H and O–H groups in total. The second kappa shape index (κ2) is 6.95. The van der Waals surface area contributed by atoms with Crippen LogP contribution in [0.25, 0.3) is 16.7 Å². The minimum absolute atomic E-state index is 0.0109. The lowest BCUT2D eigenvalue weighted by atomic mass is 10.1. The summed E-state index contributed by atoms with van der Waals surface area (Å²) in [6, 6.07) is 3.22. The molecule has 11 heteroatoms. The molecule has 1 aliphatic rings. The van der Waals surface area contributed by atoms with Crippen molar-refractivity contribution >= 4 is 28.7 Å². The van der Waals surface area contributed by atoms with Crippen LogP contribution < -0.4 is 10.3 Å². The second-order valence-corrected chi connectivity index (χ2v) is 6.60. The van der Waals surface area contributed by atoms with Crippen molar-refractivity contribution < 1.29 is 33.0 Å². The first kappa shape index (κ1) is 19.6. The molecule has 0 bridgehead atoms. The van der Waals surface area contributed by atoms with Crippen molar-refractivity contribution in [1.82, 2.24) is 9.55 Å². The average Bonchev–Trinajstić information content (AvgIpc) is 3.01. The Hall–Kier alpha value is -3.73. The summed E-state index contributed by atoms with van der Waals surface area (Å²) in [5.74, 6) is -6.19. The van der Waals surface area contributed by atoms with E-state index in [4.69, 9.17) is 0 Å². The standard InChI is InChI=1S/C19H12F3N3O5/c20-8-5-11(21)15(12(22)6-8)25-7-10(19(29)30)16(27)9-1-2-14(23-17(9)25)24-4-3-13(26)18(24)28/h1-2,5-7,13,26H,3-4H2,(H,29,30)/t13-/m1/s1. The molecule has 1 atom stereocenters. The molecule has 1 aromatic carbocycles. The number of rotatable bonds is 3. The maximum Gasteiger partial charge on any atom is 0.341 e. The van der Waals surface area contributed by atoms with E-state index in [1.54, 1.807) is 0 Å². The van der Waals surface area contributed by atoms with Crippen molar-refractivity contribution in [3.63, 3.8) is 0 Å². The Morgan fingerprint density at radius 3 is 2.37 bits per heavy atom. The fourth-order valence-electron chi connectivity index (χ4n) is 3.32. The van der Waals surface area contributed by atoms with Gasteiger partial charge in [0.15, 0.2) is 17.3 Å². The summed E-state index contributed by atoms with van der Waals surface area (Å²) in [6.45, 7) is 0.120. The Bertz CT molecular complexity index is 1270. The summed E-state index contributed by atoms with van der Waals surface area (Å²) in [5.41, 5.74) is -2.93. The number of carbonyl (C=O) groups excluding carboxylic acids is 1. The lowest BCUT2D eigenvalue weighted by Crippen LogP contribution is -2.30. The molecule has 0 saturated carbocycles. The van der Waals surface area contributed by atoms with E-state index in [-0.39, 0.29) is 29.8 Å². The van der Waals surface area contributed by atoms with Crippen LogP contribution in [0.2, 0.25) is 0 Å². The predicted molar refractivity (Wildman–Crippen MR) is 97.2 cm³/mol. The third-order valence-corrected chi connectivity index (χ3v) is 4.74. The number of fused-ring (bicyclic) bond motifs is 1. The summed E-state index contributed by atoms with van der Waals surface area (Å²) < 4.78 is 42.9. The maximum atomic E-state index is 14.4. The van der Waals surface area contributed by atoms with Gasteiger partial charge in [-0.25, -0.2) is 22.9 Å². The molecule has 8 nitrogen and oxygen atoms in total. The Kier molecular flexibility index (Phi) is 4.54. The highest BCUT2D eigenvalue weighted by Crippen LogP contribution is 2.26. The molecular weight excluding hydrogens is 407 g/mol. The van der Waals surface area contributed by atoms with Gasteiger partial charge in [0.05, 0.1) is 5.39 Å². The largest absolute Gasteiger partial charge is 0.477 e. The number of aromatic carboxylic acids is 1. The van der Waals surface area contributed by atoms with Crippen LogP contribution in [0, 0.1) is 17.5 Å². The van der Waals surface area contributed by atoms with Crippen molar-refractivity contribution in [2.24, 2.45) is 0 Å². The summed E-state index contributed by atoms with van der Waals surface area (Å²) >= 11 is 0. The SMILES string of the molecule is O=C(O)c1cn(-c2c(F)cc(F)cc2F)c2nc(N3CC[C@@H](O)C3=O)ccc2c1=O. The van der Waals surface area contributed by atoms with Crippen LogP contribution in [-0.4, -0.2) is 44.3 Å². The van der Waals surface area contributed by atoms with E-state index < -0.39 is 52.1 Å². The number of aliphatic hydroxyl groups excluding tert-OH is 1. The van der Waals surface area contributed by atoms with E-state index in [0.717, 1.165) is 4.90 Å². The molecule has 0 aliphatic carbocycles. The minimum atomic E-state index is -1.64. The molecule has 1 fully saturated rings. The number of aromatic nitrogens is 2. The molecule has 1 aliphatic heterocycles. The quantitative estimate of drug-likeness (QED) is 0.667. The zero-order valence-electron chi connectivity index (χ0n) is 15.0. The van der Waals surface area contributed by atoms with Crippen LogP contribution in [0.15, 0.2) is 35.3 Å². The number of amides is 1. The highest BCUT2D eigenvalue weighted by Gasteiger charge is 2.32. The summed E-state index contributed by atoms with van der Waals surface area (Å²) in [7, 11) is 0. The van der Waals surface area contributed by atoms with E-state index >= 15 is 0 Å². The molecular formula is C19H12F3N3O5. The van der Waals surface area contributed by atoms with E-state index in [9.17, 15) is 37.8 Å². The van der Waals surface area contributed by atoms with Crippen molar-refractivity contribution in [3.05, 3.63) is 63.7 Å². The van der Waals surface area contributed by atoms with Gasteiger partial charge in [0.25, 0.3) is 5.91 Å². The van der Waals surface area contributed by atoms with Gasteiger partial charge in [0, 0.05) is 31.3 Å². The number of carboxylic acid groups (broad SMARTS) is 1. The molecule has 2 aromatic heterocycles. The second-order valence-electron chi connectivity index (χ2n) is 6.60. The van der Waals surface area contributed by atoms with Crippen LogP contribution in [0.5, 0.6) is 0 Å². The number of anilines is 1. The minimum Gasteiger partial charge on any atom is -0.477 e. The maximum absolute atomic E-state index is 14.4. The van der Waals surface area contributed by atoms with Gasteiger partial charge in [0.1, 0.15) is 29.0 Å². The van der Waals surface area contributed by atoms with Gasteiger partial charge in [0.2, 0.25) is 5.43 Å². The number of benzene rings is 1. The highest BCUT2D eigenvalue weighted by atomic mass is 19.1. The Labute approximate surface area is 165 Å². The Morgan fingerprint density at radius 1 is 1.13 bits per heavy atom. The predicted octanol–water partition coefficient (Wildman–Crippen LogP) is 1.60. The van der Waals surface area contributed by atoms with Gasteiger partial charge in [-0.05, 0) is 12.1 Å². The van der Waals surface area contributed by atoms with Crippen molar-refractivity contribution in [3.8, 4) is 5.69 Å². The zero-order valence-corrected chi connectivity index (χ0v) is 15.0. The van der Waals surface area contributed by atoms with Gasteiger partial charge < -0.3 is 10.2 Å². The fourth-order valence-corrected chi connectivity index (χ4v) is 3.32. The van der Waals surface area contributed by atoms with E-state index in [2.05, 4.69) is 4.98 Å². The van der Waals surface area contributed by atoms with Crippen LogP contribution in [-0.2, 0) is 4.79 Å². The third kappa shape index (κ3) is 2.99. The molecule has 1 saturated heterocycles. The smallest absolute Gasteiger partial charge is 0.341 e. The third-order valence-electron chi connectivity index (χ3n) is 4.74. The van der Waals surface area contributed by atoms with Crippen LogP contribution in [0.1, 0.15) is 16.8 Å². The van der Waals surface area contributed by atoms with Gasteiger partial charge in [-0.15, -0.1) is 0 Å². The summed E-state index contributed by atoms with van der Waals surface area (Å²) in [6.07, 6.45) is -0.403. The number of carboxylic acids is 1.